The van der Waals surface area contributed by atoms with E-state index >= 15 is 0 Å². The lowest BCUT2D eigenvalue weighted by Gasteiger charge is -2.22. The van der Waals surface area contributed by atoms with Gasteiger partial charge in [-0.05, 0) is 25.0 Å². The molecule has 0 saturated heterocycles. The van der Waals surface area contributed by atoms with E-state index in [1.54, 1.807) is 14.2 Å². The molecule has 0 bridgehead atoms. The van der Waals surface area contributed by atoms with Gasteiger partial charge in [-0.3, -0.25) is 0 Å². The first-order valence-corrected chi connectivity index (χ1v) is 4.98. The Kier molecular flexibility index (Phi) is 4.27. The molecule has 3 heteroatoms. The molecule has 1 unspecified atom stereocenters. The number of hydrogen-bond donors (Lipinski definition) is 1. The van der Waals surface area contributed by atoms with Gasteiger partial charge >= 0.3 is 0 Å². The van der Waals surface area contributed by atoms with E-state index in [4.69, 9.17) is 15.2 Å². The van der Waals surface area contributed by atoms with Crippen LogP contribution in [0.2, 0.25) is 0 Å². The highest BCUT2D eigenvalue weighted by atomic mass is 16.7. The third-order valence-corrected chi connectivity index (χ3v) is 2.54. The van der Waals surface area contributed by atoms with Crippen molar-refractivity contribution < 1.29 is 9.47 Å². The van der Waals surface area contributed by atoms with Gasteiger partial charge in [-0.15, -0.1) is 0 Å². The van der Waals surface area contributed by atoms with Gasteiger partial charge in [-0.2, -0.15) is 0 Å². The van der Waals surface area contributed by atoms with Crippen LogP contribution in [0.5, 0.6) is 0 Å². The van der Waals surface area contributed by atoms with Gasteiger partial charge in [0.1, 0.15) is 0 Å². The Morgan fingerprint density at radius 1 is 1.13 bits per heavy atom. The molecule has 1 aromatic carbocycles. The van der Waals surface area contributed by atoms with Crippen molar-refractivity contribution in [3.05, 3.63) is 34.9 Å². The number of aryl methyl sites for hydroxylation is 2. The third kappa shape index (κ3) is 2.78. The summed E-state index contributed by atoms with van der Waals surface area (Å²) in [6, 6.07) is 5.93. The molecular formula is C12H19NO2. The van der Waals surface area contributed by atoms with E-state index in [1.165, 1.54) is 11.1 Å². The zero-order chi connectivity index (χ0) is 11.4. The summed E-state index contributed by atoms with van der Waals surface area (Å²) in [6.07, 6.45) is -0.397. The molecule has 0 amide bonds. The second-order valence-electron chi connectivity index (χ2n) is 3.73. The standard InChI is InChI=1S/C12H19NO2/c1-8-5-6-10(9(2)7-8)11(13)12(14-3)15-4/h5-7,11-12H,13H2,1-4H3. The first-order chi connectivity index (χ1) is 7.10. The van der Waals surface area contributed by atoms with E-state index in [1.807, 2.05) is 19.1 Å². The zero-order valence-electron chi connectivity index (χ0n) is 9.78. The Hall–Kier alpha value is -0.900. The SMILES string of the molecule is COC(OC)C(N)c1ccc(C)cc1C. The predicted molar refractivity (Wildman–Crippen MR) is 60.7 cm³/mol. The Bertz CT molecular complexity index is 321. The fourth-order valence-corrected chi connectivity index (χ4v) is 1.74. The average molecular weight is 209 g/mol. The molecule has 1 aromatic rings. The number of hydrogen-bond acceptors (Lipinski definition) is 3. The van der Waals surface area contributed by atoms with Gasteiger partial charge in [-0.25, -0.2) is 0 Å². The largest absolute Gasteiger partial charge is 0.354 e. The fourth-order valence-electron chi connectivity index (χ4n) is 1.74. The van der Waals surface area contributed by atoms with Gasteiger partial charge in [0.05, 0.1) is 6.04 Å². The van der Waals surface area contributed by atoms with E-state index in [9.17, 15) is 0 Å². The maximum absolute atomic E-state index is 6.06. The molecule has 2 N–H and O–H groups in total. The number of nitrogens with two attached hydrogens (primary N) is 1. The lowest BCUT2D eigenvalue weighted by Crippen LogP contribution is -2.30. The molecule has 15 heavy (non-hydrogen) atoms. The maximum Gasteiger partial charge on any atom is 0.176 e. The molecule has 84 valence electrons. The quantitative estimate of drug-likeness (QED) is 0.770. The van der Waals surface area contributed by atoms with Crippen LogP contribution in [-0.4, -0.2) is 20.5 Å². The van der Waals surface area contributed by atoms with Crippen LogP contribution in [0, 0.1) is 13.8 Å². The summed E-state index contributed by atoms with van der Waals surface area (Å²) >= 11 is 0. The van der Waals surface area contributed by atoms with E-state index < -0.39 is 6.29 Å². The van der Waals surface area contributed by atoms with E-state index in [2.05, 4.69) is 13.0 Å². The molecule has 1 rings (SSSR count). The summed E-state index contributed by atoms with van der Waals surface area (Å²) in [4.78, 5) is 0. The average Bonchev–Trinajstić information content (AvgIpc) is 2.19. The molecule has 0 aliphatic carbocycles. The van der Waals surface area contributed by atoms with E-state index in [0.29, 0.717) is 0 Å². The second kappa shape index (κ2) is 5.26. The molecule has 0 fully saturated rings. The van der Waals surface area contributed by atoms with Crippen molar-refractivity contribution in [1.29, 1.82) is 0 Å². The highest BCUT2D eigenvalue weighted by molar-refractivity contribution is 5.32. The van der Waals surface area contributed by atoms with Crippen LogP contribution in [-0.2, 0) is 9.47 Å². The molecule has 0 aliphatic rings. The summed E-state index contributed by atoms with van der Waals surface area (Å²) in [5, 5.41) is 0. The lowest BCUT2D eigenvalue weighted by atomic mass is 9.99. The maximum atomic E-state index is 6.06. The Balaban J connectivity index is 2.94. The van der Waals surface area contributed by atoms with Crippen LogP contribution in [0.3, 0.4) is 0 Å². The number of ether oxygens (including phenoxy) is 2. The molecule has 0 aliphatic heterocycles. The first kappa shape index (κ1) is 12.2. The minimum atomic E-state index is -0.397. The molecule has 0 heterocycles. The number of rotatable bonds is 4. The molecule has 0 spiro atoms. The Labute approximate surface area is 91.2 Å². The fraction of sp³-hybridized carbons (Fsp3) is 0.500. The minimum Gasteiger partial charge on any atom is -0.354 e. The van der Waals surface area contributed by atoms with Crippen LogP contribution in [0.4, 0.5) is 0 Å². The highest BCUT2D eigenvalue weighted by Crippen LogP contribution is 2.21. The van der Waals surface area contributed by atoms with Crippen LogP contribution in [0.15, 0.2) is 18.2 Å². The topological polar surface area (TPSA) is 44.5 Å². The second-order valence-corrected chi connectivity index (χ2v) is 3.73. The first-order valence-electron chi connectivity index (χ1n) is 4.98. The summed E-state index contributed by atoms with van der Waals surface area (Å²) < 4.78 is 10.3. The molecule has 0 radical (unpaired) electrons. The van der Waals surface area contributed by atoms with Gasteiger partial charge in [0, 0.05) is 14.2 Å². The predicted octanol–water partition coefficient (Wildman–Crippen LogP) is 1.92. The van der Waals surface area contributed by atoms with Crippen molar-refractivity contribution in [2.24, 2.45) is 5.73 Å². The molecule has 0 aromatic heterocycles. The minimum absolute atomic E-state index is 0.249. The molecule has 0 saturated carbocycles. The van der Waals surface area contributed by atoms with Crippen LogP contribution < -0.4 is 5.73 Å². The molecular weight excluding hydrogens is 190 g/mol. The smallest absolute Gasteiger partial charge is 0.176 e. The number of methoxy groups -OCH3 is 2. The lowest BCUT2D eigenvalue weighted by molar-refractivity contribution is -0.117. The zero-order valence-corrected chi connectivity index (χ0v) is 9.78. The van der Waals surface area contributed by atoms with E-state index in [-0.39, 0.29) is 6.04 Å². The molecule has 3 nitrogen and oxygen atoms in total. The van der Waals surface area contributed by atoms with Crippen molar-refractivity contribution in [2.45, 2.75) is 26.2 Å². The van der Waals surface area contributed by atoms with Crippen molar-refractivity contribution in [1.82, 2.24) is 0 Å². The number of benzene rings is 1. The molecule has 1 atom stereocenters. The summed E-state index contributed by atoms with van der Waals surface area (Å²) in [5.41, 5.74) is 9.52. The van der Waals surface area contributed by atoms with Gasteiger partial charge < -0.3 is 15.2 Å². The van der Waals surface area contributed by atoms with Crippen LogP contribution in [0.25, 0.3) is 0 Å². The van der Waals surface area contributed by atoms with Gasteiger partial charge in [0.25, 0.3) is 0 Å². The monoisotopic (exact) mass is 209 g/mol. The summed E-state index contributed by atoms with van der Waals surface area (Å²) in [7, 11) is 3.19. The van der Waals surface area contributed by atoms with Gasteiger partial charge in [0.15, 0.2) is 6.29 Å². The highest BCUT2D eigenvalue weighted by Gasteiger charge is 2.19. The van der Waals surface area contributed by atoms with Crippen LogP contribution in [0.1, 0.15) is 22.7 Å². The van der Waals surface area contributed by atoms with Crippen LogP contribution >= 0.6 is 0 Å². The normalized spacial score (nSPS) is 13.2. The Morgan fingerprint density at radius 3 is 2.20 bits per heavy atom. The van der Waals surface area contributed by atoms with Crippen molar-refractivity contribution in [3.63, 3.8) is 0 Å². The van der Waals surface area contributed by atoms with E-state index in [0.717, 1.165) is 5.56 Å². The van der Waals surface area contributed by atoms with Crippen molar-refractivity contribution in [3.8, 4) is 0 Å². The van der Waals surface area contributed by atoms with Gasteiger partial charge in [-0.1, -0.05) is 23.8 Å². The third-order valence-electron chi connectivity index (χ3n) is 2.54. The summed E-state index contributed by atoms with van der Waals surface area (Å²) in [5.74, 6) is 0. The van der Waals surface area contributed by atoms with Crippen molar-refractivity contribution in [2.75, 3.05) is 14.2 Å². The van der Waals surface area contributed by atoms with Gasteiger partial charge in [0.2, 0.25) is 0 Å². The Morgan fingerprint density at radius 2 is 1.73 bits per heavy atom. The van der Waals surface area contributed by atoms with Crippen molar-refractivity contribution >= 4 is 0 Å². The summed E-state index contributed by atoms with van der Waals surface area (Å²) in [6.45, 7) is 4.11.